The van der Waals surface area contributed by atoms with Gasteiger partial charge in [0.15, 0.2) is 0 Å². The Morgan fingerprint density at radius 2 is 1.88 bits per heavy atom. The zero-order chi connectivity index (χ0) is 11.6. The normalized spacial score (nSPS) is 18.7. The first-order chi connectivity index (χ1) is 7.59. The average Bonchev–Trinajstić information content (AvgIpc) is 2.68. The zero-order valence-corrected chi connectivity index (χ0v) is 9.82. The van der Waals surface area contributed by atoms with E-state index in [1.165, 1.54) is 0 Å². The molecule has 1 heterocycles. The van der Waals surface area contributed by atoms with Gasteiger partial charge in [-0.3, -0.25) is 0 Å². The van der Waals surface area contributed by atoms with E-state index in [0.717, 1.165) is 37.1 Å². The van der Waals surface area contributed by atoms with Gasteiger partial charge < -0.3 is 10.4 Å². The summed E-state index contributed by atoms with van der Waals surface area (Å²) in [5, 5.41) is 21.1. The van der Waals surface area contributed by atoms with Gasteiger partial charge in [-0.2, -0.15) is 5.10 Å². The van der Waals surface area contributed by atoms with E-state index >= 15 is 0 Å². The molecule has 1 fully saturated rings. The number of anilines is 1. The van der Waals surface area contributed by atoms with E-state index in [9.17, 15) is 5.11 Å². The molecule has 2 rings (SSSR count). The highest BCUT2D eigenvalue weighted by molar-refractivity contribution is 5.25. The number of aryl methyl sites for hydroxylation is 2. The molecule has 0 bridgehead atoms. The van der Waals surface area contributed by atoms with Crippen molar-refractivity contribution in [3.8, 4) is 0 Å². The van der Waals surface area contributed by atoms with Crippen molar-refractivity contribution in [1.82, 2.24) is 15.2 Å². The van der Waals surface area contributed by atoms with Crippen LogP contribution in [0.1, 0.15) is 37.1 Å². The second kappa shape index (κ2) is 4.33. The monoisotopic (exact) mass is 222 g/mol. The van der Waals surface area contributed by atoms with Gasteiger partial charge in [-0.25, -0.2) is 4.98 Å². The van der Waals surface area contributed by atoms with Gasteiger partial charge >= 0.3 is 0 Å². The summed E-state index contributed by atoms with van der Waals surface area (Å²) in [7, 11) is 0. The van der Waals surface area contributed by atoms with E-state index in [1.807, 2.05) is 13.8 Å². The third-order valence-corrected chi connectivity index (χ3v) is 3.20. The smallest absolute Gasteiger partial charge is 0.243 e. The minimum atomic E-state index is -0.581. The molecule has 88 valence electrons. The van der Waals surface area contributed by atoms with Crippen molar-refractivity contribution in [2.75, 3.05) is 11.9 Å². The maximum absolute atomic E-state index is 10.1. The summed E-state index contributed by atoms with van der Waals surface area (Å²) in [4.78, 5) is 4.27. The minimum absolute atomic E-state index is 0.503. The second-order valence-electron chi connectivity index (χ2n) is 4.59. The van der Waals surface area contributed by atoms with Crippen LogP contribution < -0.4 is 5.32 Å². The third-order valence-electron chi connectivity index (χ3n) is 3.20. The van der Waals surface area contributed by atoms with Crippen LogP contribution in [0, 0.1) is 13.8 Å². The van der Waals surface area contributed by atoms with Crippen molar-refractivity contribution in [1.29, 1.82) is 0 Å². The van der Waals surface area contributed by atoms with E-state index in [1.54, 1.807) is 0 Å². The Kier molecular flexibility index (Phi) is 3.05. The van der Waals surface area contributed by atoms with Crippen LogP contribution in [0.25, 0.3) is 0 Å². The molecule has 1 saturated carbocycles. The molecule has 1 aromatic rings. The molecule has 1 aliphatic carbocycles. The van der Waals surface area contributed by atoms with Gasteiger partial charge in [-0.1, -0.05) is 12.8 Å². The standard InChI is InChI=1S/C11H18N4O/c1-8-9(2)14-15-10(13-8)12-7-11(16)5-3-4-6-11/h16H,3-7H2,1-2H3,(H,12,13,15). The predicted octanol–water partition coefficient (Wildman–Crippen LogP) is 1.21. The van der Waals surface area contributed by atoms with Crippen LogP contribution in [0.4, 0.5) is 5.95 Å². The lowest BCUT2D eigenvalue weighted by Gasteiger charge is -2.22. The van der Waals surface area contributed by atoms with Gasteiger partial charge in [0.1, 0.15) is 0 Å². The summed E-state index contributed by atoms with van der Waals surface area (Å²) in [5.41, 5.74) is 1.13. The molecule has 1 aliphatic rings. The molecule has 1 aromatic heterocycles. The summed E-state index contributed by atoms with van der Waals surface area (Å²) in [6.07, 6.45) is 3.92. The zero-order valence-electron chi connectivity index (χ0n) is 9.82. The van der Waals surface area contributed by atoms with Crippen molar-refractivity contribution in [2.24, 2.45) is 0 Å². The largest absolute Gasteiger partial charge is 0.388 e. The van der Waals surface area contributed by atoms with E-state index < -0.39 is 5.60 Å². The number of nitrogens with zero attached hydrogens (tertiary/aromatic N) is 3. The molecular formula is C11H18N4O. The van der Waals surface area contributed by atoms with Crippen molar-refractivity contribution in [3.63, 3.8) is 0 Å². The van der Waals surface area contributed by atoms with Crippen LogP contribution in [0.3, 0.4) is 0 Å². The SMILES string of the molecule is Cc1nnc(NCC2(O)CCCC2)nc1C. The molecular weight excluding hydrogens is 204 g/mol. The predicted molar refractivity (Wildman–Crippen MR) is 61.2 cm³/mol. The fourth-order valence-corrected chi connectivity index (χ4v) is 1.99. The minimum Gasteiger partial charge on any atom is -0.388 e. The Morgan fingerprint density at radius 3 is 2.50 bits per heavy atom. The van der Waals surface area contributed by atoms with Gasteiger partial charge in [0.2, 0.25) is 5.95 Å². The number of aromatic nitrogens is 3. The highest BCUT2D eigenvalue weighted by Crippen LogP contribution is 2.29. The quantitative estimate of drug-likeness (QED) is 0.804. The second-order valence-corrected chi connectivity index (χ2v) is 4.59. The van der Waals surface area contributed by atoms with E-state index in [4.69, 9.17) is 0 Å². The lowest BCUT2D eigenvalue weighted by Crippen LogP contribution is -2.34. The molecule has 16 heavy (non-hydrogen) atoms. The lowest BCUT2D eigenvalue weighted by molar-refractivity contribution is 0.0613. The van der Waals surface area contributed by atoms with Gasteiger partial charge in [-0.05, 0) is 26.7 Å². The summed E-state index contributed by atoms with van der Waals surface area (Å²) >= 11 is 0. The van der Waals surface area contributed by atoms with Gasteiger partial charge in [-0.15, -0.1) is 5.10 Å². The fraction of sp³-hybridized carbons (Fsp3) is 0.727. The molecule has 0 saturated heterocycles. The van der Waals surface area contributed by atoms with E-state index in [-0.39, 0.29) is 0 Å². The Bertz CT molecular complexity index is 374. The first kappa shape index (κ1) is 11.3. The molecule has 5 heteroatoms. The van der Waals surface area contributed by atoms with Crippen molar-refractivity contribution >= 4 is 5.95 Å². The maximum atomic E-state index is 10.1. The molecule has 0 aromatic carbocycles. The number of nitrogens with one attached hydrogen (secondary N) is 1. The molecule has 0 unspecified atom stereocenters. The summed E-state index contributed by atoms with van der Waals surface area (Å²) < 4.78 is 0. The third kappa shape index (κ3) is 2.47. The topological polar surface area (TPSA) is 70.9 Å². The first-order valence-electron chi connectivity index (χ1n) is 5.73. The highest BCUT2D eigenvalue weighted by Gasteiger charge is 2.30. The van der Waals surface area contributed by atoms with Crippen LogP contribution in [0.5, 0.6) is 0 Å². The molecule has 2 N–H and O–H groups in total. The molecule has 0 aliphatic heterocycles. The summed E-state index contributed by atoms with van der Waals surface area (Å²) in [5.74, 6) is 0.503. The molecule has 0 radical (unpaired) electrons. The van der Waals surface area contributed by atoms with Crippen molar-refractivity contribution in [2.45, 2.75) is 45.1 Å². The Balaban J connectivity index is 1.96. The molecule has 5 nitrogen and oxygen atoms in total. The highest BCUT2D eigenvalue weighted by atomic mass is 16.3. The van der Waals surface area contributed by atoms with Crippen LogP contribution >= 0.6 is 0 Å². The van der Waals surface area contributed by atoms with Gasteiger partial charge in [0, 0.05) is 6.54 Å². The number of aliphatic hydroxyl groups is 1. The van der Waals surface area contributed by atoms with Crippen LogP contribution in [0.15, 0.2) is 0 Å². The fourth-order valence-electron chi connectivity index (χ4n) is 1.99. The number of hydrogen-bond acceptors (Lipinski definition) is 5. The number of hydrogen-bond donors (Lipinski definition) is 2. The van der Waals surface area contributed by atoms with E-state index in [2.05, 4.69) is 20.5 Å². The molecule has 0 amide bonds. The summed E-state index contributed by atoms with van der Waals surface area (Å²) in [6.45, 7) is 4.29. The van der Waals surface area contributed by atoms with Gasteiger partial charge in [0.25, 0.3) is 0 Å². The van der Waals surface area contributed by atoms with Crippen molar-refractivity contribution in [3.05, 3.63) is 11.4 Å². The van der Waals surface area contributed by atoms with Crippen LogP contribution in [-0.4, -0.2) is 32.4 Å². The van der Waals surface area contributed by atoms with Crippen LogP contribution in [0.2, 0.25) is 0 Å². The lowest BCUT2D eigenvalue weighted by atomic mass is 10.0. The maximum Gasteiger partial charge on any atom is 0.243 e. The van der Waals surface area contributed by atoms with E-state index in [0.29, 0.717) is 12.5 Å². The average molecular weight is 222 g/mol. The Hall–Kier alpha value is -1.23. The van der Waals surface area contributed by atoms with Crippen LogP contribution in [-0.2, 0) is 0 Å². The Morgan fingerprint density at radius 1 is 1.19 bits per heavy atom. The molecule has 0 atom stereocenters. The van der Waals surface area contributed by atoms with Crippen molar-refractivity contribution < 1.29 is 5.11 Å². The summed E-state index contributed by atoms with van der Waals surface area (Å²) in [6, 6.07) is 0. The van der Waals surface area contributed by atoms with Gasteiger partial charge in [0.05, 0.1) is 17.0 Å². The Labute approximate surface area is 95.3 Å². The first-order valence-corrected chi connectivity index (χ1v) is 5.73. The molecule has 0 spiro atoms. The number of rotatable bonds is 3.